The van der Waals surface area contributed by atoms with Crippen LogP contribution in [0.15, 0.2) is 16.6 Å². The molecule has 1 unspecified atom stereocenters. The van der Waals surface area contributed by atoms with Crippen molar-refractivity contribution in [1.82, 2.24) is 0 Å². The Morgan fingerprint density at radius 2 is 2.05 bits per heavy atom. The summed E-state index contributed by atoms with van der Waals surface area (Å²) in [4.78, 5) is 10.8. The first-order valence-electron chi connectivity index (χ1n) is 6.20. The van der Waals surface area contributed by atoms with Crippen LogP contribution in [-0.4, -0.2) is 30.2 Å². The molecule has 1 rings (SSSR count). The van der Waals surface area contributed by atoms with E-state index in [9.17, 15) is 9.90 Å². The Labute approximate surface area is 121 Å². The summed E-state index contributed by atoms with van der Waals surface area (Å²) < 4.78 is 11.7. The van der Waals surface area contributed by atoms with Crippen LogP contribution in [0.4, 0.5) is 0 Å². The summed E-state index contributed by atoms with van der Waals surface area (Å²) in [7, 11) is 0. The van der Waals surface area contributed by atoms with Gasteiger partial charge in [-0.15, -0.1) is 0 Å². The van der Waals surface area contributed by atoms with Gasteiger partial charge in [-0.3, -0.25) is 4.79 Å². The van der Waals surface area contributed by atoms with Crippen LogP contribution in [-0.2, 0) is 0 Å². The maximum Gasteiger partial charge on any atom is 0.175 e. The molecule has 0 spiro atoms. The summed E-state index contributed by atoms with van der Waals surface area (Å²) in [5.74, 6) is 0.993. The van der Waals surface area contributed by atoms with Crippen molar-refractivity contribution >= 4 is 22.2 Å². The van der Waals surface area contributed by atoms with E-state index in [2.05, 4.69) is 15.9 Å². The maximum atomic E-state index is 10.8. The van der Waals surface area contributed by atoms with Gasteiger partial charge in [-0.1, -0.05) is 6.92 Å². The highest BCUT2D eigenvalue weighted by Crippen LogP contribution is 2.37. The first-order chi connectivity index (χ1) is 8.93. The molecule has 0 saturated carbocycles. The topological polar surface area (TPSA) is 55.8 Å². The van der Waals surface area contributed by atoms with Crippen LogP contribution in [0.2, 0.25) is 0 Å². The molecule has 0 fully saturated rings. The molecule has 0 saturated heterocycles. The summed E-state index contributed by atoms with van der Waals surface area (Å²) in [5.41, 5.74) is -0.392. The van der Waals surface area contributed by atoms with Crippen LogP contribution in [0.1, 0.15) is 37.6 Å². The van der Waals surface area contributed by atoms with Crippen molar-refractivity contribution in [3.05, 3.63) is 22.2 Å². The lowest BCUT2D eigenvalue weighted by Gasteiger charge is -2.23. The fourth-order valence-corrected chi connectivity index (χ4v) is 1.96. The third-order valence-corrected chi connectivity index (χ3v) is 3.35. The quantitative estimate of drug-likeness (QED) is 0.780. The predicted octanol–water partition coefficient (Wildman–Crippen LogP) is 3.20. The maximum absolute atomic E-state index is 10.8. The fraction of sp³-hybridized carbons (Fsp3) is 0.500. The molecular weight excluding hydrogens is 312 g/mol. The molecule has 0 aromatic heterocycles. The molecular formula is C14H19BrO4. The Hall–Kier alpha value is -1.07. The van der Waals surface area contributed by atoms with Crippen molar-refractivity contribution in [2.75, 3.05) is 13.2 Å². The highest BCUT2D eigenvalue weighted by atomic mass is 79.9. The molecule has 19 heavy (non-hydrogen) atoms. The van der Waals surface area contributed by atoms with Crippen LogP contribution in [0.5, 0.6) is 11.5 Å². The van der Waals surface area contributed by atoms with Crippen LogP contribution >= 0.6 is 15.9 Å². The number of aldehydes is 1. The zero-order valence-electron chi connectivity index (χ0n) is 11.4. The molecule has 1 aromatic carbocycles. The van der Waals surface area contributed by atoms with E-state index in [1.165, 1.54) is 0 Å². The van der Waals surface area contributed by atoms with Gasteiger partial charge in [0.1, 0.15) is 12.9 Å². The van der Waals surface area contributed by atoms with Gasteiger partial charge in [-0.25, -0.2) is 0 Å². The van der Waals surface area contributed by atoms with Crippen molar-refractivity contribution in [2.45, 2.75) is 32.8 Å². The minimum Gasteiger partial charge on any atom is -0.490 e. The summed E-state index contributed by atoms with van der Waals surface area (Å²) in [6.07, 6.45) is 1.33. The SMILES string of the molecule is CCOc1cc(C=O)cc(Br)c1OCC(C)(O)CC. The Morgan fingerprint density at radius 3 is 2.58 bits per heavy atom. The Kier molecular flexibility index (Phi) is 5.82. The van der Waals surface area contributed by atoms with E-state index in [1.54, 1.807) is 19.1 Å². The third-order valence-electron chi connectivity index (χ3n) is 2.76. The van der Waals surface area contributed by atoms with Gasteiger partial charge in [0.05, 0.1) is 16.7 Å². The summed E-state index contributed by atoms with van der Waals surface area (Å²) >= 11 is 3.35. The fourth-order valence-electron chi connectivity index (χ4n) is 1.39. The van der Waals surface area contributed by atoms with Crippen molar-refractivity contribution in [1.29, 1.82) is 0 Å². The summed E-state index contributed by atoms with van der Waals surface area (Å²) in [6, 6.07) is 3.28. The van der Waals surface area contributed by atoms with E-state index in [0.717, 1.165) is 6.29 Å². The number of halogens is 1. The molecule has 0 aliphatic heterocycles. The average Bonchev–Trinajstić information content (AvgIpc) is 2.37. The van der Waals surface area contributed by atoms with Crippen LogP contribution < -0.4 is 9.47 Å². The molecule has 106 valence electrons. The van der Waals surface area contributed by atoms with Crippen molar-refractivity contribution in [2.24, 2.45) is 0 Å². The molecule has 1 aromatic rings. The summed E-state index contributed by atoms with van der Waals surface area (Å²) in [5, 5.41) is 9.96. The Balaban J connectivity index is 3.01. The van der Waals surface area contributed by atoms with Gasteiger partial charge in [-0.2, -0.15) is 0 Å². The second-order valence-electron chi connectivity index (χ2n) is 4.52. The largest absolute Gasteiger partial charge is 0.490 e. The number of benzene rings is 1. The second-order valence-corrected chi connectivity index (χ2v) is 5.37. The van der Waals surface area contributed by atoms with Crippen LogP contribution in [0, 0.1) is 0 Å². The number of hydrogen-bond donors (Lipinski definition) is 1. The molecule has 4 nitrogen and oxygen atoms in total. The van der Waals surface area contributed by atoms with Gasteiger partial charge in [0, 0.05) is 5.56 Å². The first-order valence-corrected chi connectivity index (χ1v) is 6.99. The molecule has 0 heterocycles. The van der Waals surface area contributed by atoms with E-state index < -0.39 is 5.60 Å². The van der Waals surface area contributed by atoms with E-state index >= 15 is 0 Å². The summed E-state index contributed by atoms with van der Waals surface area (Å²) in [6.45, 7) is 6.07. The number of hydrogen-bond acceptors (Lipinski definition) is 4. The predicted molar refractivity (Wildman–Crippen MR) is 77.1 cm³/mol. The van der Waals surface area contributed by atoms with Gasteiger partial charge in [0.15, 0.2) is 11.5 Å². The highest BCUT2D eigenvalue weighted by molar-refractivity contribution is 9.10. The highest BCUT2D eigenvalue weighted by Gasteiger charge is 2.21. The second kappa shape index (κ2) is 6.91. The molecule has 1 N–H and O–H groups in total. The number of aliphatic hydroxyl groups is 1. The number of rotatable bonds is 7. The first kappa shape index (κ1) is 16.0. The molecule has 0 bridgehead atoms. The molecule has 5 heteroatoms. The minimum atomic E-state index is -0.897. The van der Waals surface area contributed by atoms with Gasteiger partial charge in [0.25, 0.3) is 0 Å². The van der Waals surface area contributed by atoms with E-state index in [0.29, 0.717) is 34.6 Å². The molecule has 0 aliphatic carbocycles. The lowest BCUT2D eigenvalue weighted by atomic mass is 10.1. The van der Waals surface area contributed by atoms with E-state index in [-0.39, 0.29) is 6.61 Å². The van der Waals surface area contributed by atoms with E-state index in [1.807, 2.05) is 13.8 Å². The van der Waals surface area contributed by atoms with Gasteiger partial charge in [0.2, 0.25) is 0 Å². The smallest absolute Gasteiger partial charge is 0.175 e. The van der Waals surface area contributed by atoms with Crippen LogP contribution in [0.3, 0.4) is 0 Å². The zero-order chi connectivity index (χ0) is 14.5. The average molecular weight is 331 g/mol. The molecule has 1 atom stereocenters. The molecule has 0 amide bonds. The minimum absolute atomic E-state index is 0.155. The number of carbonyl (C=O) groups is 1. The Bertz CT molecular complexity index is 443. The van der Waals surface area contributed by atoms with Gasteiger partial charge < -0.3 is 14.6 Å². The molecule has 0 aliphatic rings. The van der Waals surface area contributed by atoms with E-state index in [4.69, 9.17) is 9.47 Å². The van der Waals surface area contributed by atoms with Crippen LogP contribution in [0.25, 0.3) is 0 Å². The van der Waals surface area contributed by atoms with Crippen molar-refractivity contribution in [3.63, 3.8) is 0 Å². The lowest BCUT2D eigenvalue weighted by Crippen LogP contribution is -2.31. The Morgan fingerprint density at radius 1 is 1.37 bits per heavy atom. The lowest BCUT2D eigenvalue weighted by molar-refractivity contribution is 0.00736. The monoisotopic (exact) mass is 330 g/mol. The number of carbonyl (C=O) groups excluding carboxylic acids is 1. The van der Waals surface area contributed by atoms with Crippen molar-refractivity contribution in [3.8, 4) is 11.5 Å². The standard InChI is InChI=1S/C14H19BrO4/c1-4-14(3,17)9-19-13-11(15)6-10(8-16)7-12(13)18-5-2/h6-8,17H,4-5,9H2,1-3H3. The number of ether oxygens (including phenoxy) is 2. The van der Waals surface area contributed by atoms with Gasteiger partial charge in [-0.05, 0) is 48.3 Å². The zero-order valence-corrected chi connectivity index (χ0v) is 13.0. The van der Waals surface area contributed by atoms with Gasteiger partial charge >= 0.3 is 0 Å². The molecule has 0 radical (unpaired) electrons. The normalized spacial score (nSPS) is 13.7. The van der Waals surface area contributed by atoms with Crippen molar-refractivity contribution < 1.29 is 19.4 Å². The third kappa shape index (κ3) is 4.51.